The second kappa shape index (κ2) is 6.98. The lowest BCUT2D eigenvalue weighted by molar-refractivity contribution is -0.143. The van der Waals surface area contributed by atoms with Crippen molar-refractivity contribution in [2.24, 2.45) is 5.92 Å². The Balaban J connectivity index is 2.45. The molecule has 1 rings (SSSR count). The van der Waals surface area contributed by atoms with Gasteiger partial charge in [0, 0.05) is 13.1 Å². The zero-order chi connectivity index (χ0) is 14.5. The van der Waals surface area contributed by atoms with Gasteiger partial charge in [-0.15, -0.1) is 0 Å². The van der Waals surface area contributed by atoms with Crippen LogP contribution in [0.1, 0.15) is 40.0 Å². The van der Waals surface area contributed by atoms with Gasteiger partial charge >= 0.3 is 12.1 Å². The fraction of sp³-hybridized carbons (Fsp3) is 0.846. The number of alkyl halides is 1. The summed E-state index contributed by atoms with van der Waals surface area (Å²) in [5.41, 5.74) is -0.498. The molecule has 0 N–H and O–H groups in total. The Morgan fingerprint density at radius 1 is 1.37 bits per heavy atom. The highest BCUT2D eigenvalue weighted by Gasteiger charge is 2.28. The van der Waals surface area contributed by atoms with Gasteiger partial charge in [0.25, 0.3) is 0 Å². The summed E-state index contributed by atoms with van der Waals surface area (Å²) in [5, 5.41) is 0. The van der Waals surface area contributed by atoms with E-state index in [0.717, 1.165) is 12.8 Å². The molecule has 0 spiro atoms. The summed E-state index contributed by atoms with van der Waals surface area (Å²) in [7, 11) is 0. The van der Waals surface area contributed by atoms with E-state index in [-0.39, 0.29) is 24.0 Å². The van der Waals surface area contributed by atoms with E-state index in [2.05, 4.69) is 0 Å². The molecule has 1 saturated heterocycles. The van der Waals surface area contributed by atoms with Gasteiger partial charge in [0.15, 0.2) is 6.07 Å². The number of likely N-dealkylation sites (tertiary alicyclic amines) is 1. The van der Waals surface area contributed by atoms with Crippen molar-refractivity contribution in [3.63, 3.8) is 0 Å². The molecule has 0 aromatic rings. The van der Waals surface area contributed by atoms with Gasteiger partial charge in [0.1, 0.15) is 5.60 Å². The monoisotopic (exact) mass is 291 g/mol. The van der Waals surface area contributed by atoms with Gasteiger partial charge in [-0.2, -0.15) is 0 Å². The number of piperidine rings is 1. The number of nitrogens with zero attached hydrogens (tertiary/aromatic N) is 1. The molecular weight excluding hydrogens is 270 g/mol. The summed E-state index contributed by atoms with van der Waals surface area (Å²) in [6.45, 7) is 6.72. The maximum atomic E-state index is 11.9. The van der Waals surface area contributed by atoms with Gasteiger partial charge in [-0.3, -0.25) is 4.79 Å². The molecule has 1 aliphatic rings. The fourth-order valence-corrected chi connectivity index (χ4v) is 2.20. The number of rotatable bonds is 3. The number of esters is 1. The lowest BCUT2D eigenvalue weighted by atomic mass is 9.95. The van der Waals surface area contributed by atoms with Crippen LogP contribution in [-0.2, 0) is 14.3 Å². The maximum absolute atomic E-state index is 11.9. The largest absolute Gasteiger partial charge is 0.449 e. The van der Waals surface area contributed by atoms with Crippen molar-refractivity contribution in [3.05, 3.63) is 0 Å². The minimum absolute atomic E-state index is 0.122. The lowest BCUT2D eigenvalue weighted by Crippen LogP contribution is -2.43. The molecule has 1 aliphatic heterocycles. The van der Waals surface area contributed by atoms with E-state index in [4.69, 9.17) is 21.1 Å². The molecule has 0 aromatic heterocycles. The van der Waals surface area contributed by atoms with E-state index in [1.165, 1.54) is 0 Å². The molecule has 1 fully saturated rings. The molecule has 0 radical (unpaired) electrons. The Hall–Kier alpha value is -0.970. The van der Waals surface area contributed by atoms with Crippen molar-refractivity contribution >= 4 is 23.7 Å². The van der Waals surface area contributed by atoms with Crippen molar-refractivity contribution in [3.8, 4) is 0 Å². The smallest absolute Gasteiger partial charge is 0.410 e. The number of carbonyl (C=O) groups excluding carboxylic acids is 2. The molecule has 1 unspecified atom stereocenters. The topological polar surface area (TPSA) is 55.8 Å². The zero-order valence-electron chi connectivity index (χ0n) is 11.8. The lowest BCUT2D eigenvalue weighted by Gasteiger charge is -2.33. The van der Waals surface area contributed by atoms with Crippen LogP contribution in [0.3, 0.4) is 0 Å². The summed E-state index contributed by atoms with van der Waals surface area (Å²) in [6, 6.07) is -0.124. The van der Waals surface area contributed by atoms with Crippen molar-refractivity contribution in [2.75, 3.05) is 19.2 Å². The van der Waals surface area contributed by atoms with Crippen LogP contribution >= 0.6 is 11.6 Å². The molecule has 0 aliphatic carbocycles. The molecule has 1 amide bonds. The normalized spacial score (nSPS) is 20.0. The van der Waals surface area contributed by atoms with Gasteiger partial charge in [-0.05, 0) is 39.5 Å². The number of amides is 1. The highest BCUT2D eigenvalue weighted by atomic mass is 35.5. The summed E-state index contributed by atoms with van der Waals surface area (Å²) in [4.78, 5) is 25.0. The second-order valence-electron chi connectivity index (χ2n) is 5.76. The minimum atomic E-state index is -0.498. The first-order chi connectivity index (χ1) is 8.81. The van der Waals surface area contributed by atoms with E-state index in [9.17, 15) is 9.59 Å². The van der Waals surface area contributed by atoms with Gasteiger partial charge in [0.05, 0.1) is 6.42 Å². The Bertz CT molecular complexity index is 327. The van der Waals surface area contributed by atoms with E-state index in [1.54, 1.807) is 4.90 Å². The fourth-order valence-electron chi connectivity index (χ4n) is 2.08. The van der Waals surface area contributed by atoms with Crippen LogP contribution in [-0.4, -0.2) is 41.7 Å². The maximum Gasteiger partial charge on any atom is 0.410 e. The van der Waals surface area contributed by atoms with Crippen LogP contribution in [0.15, 0.2) is 0 Å². The Labute approximate surface area is 119 Å². The Morgan fingerprint density at radius 2 is 2.05 bits per heavy atom. The van der Waals surface area contributed by atoms with E-state index in [0.29, 0.717) is 19.5 Å². The van der Waals surface area contributed by atoms with Gasteiger partial charge in [-0.25, -0.2) is 4.79 Å². The molecule has 0 saturated carbocycles. The van der Waals surface area contributed by atoms with Crippen molar-refractivity contribution < 1.29 is 19.1 Å². The van der Waals surface area contributed by atoms with Gasteiger partial charge in [0.2, 0.25) is 0 Å². The van der Waals surface area contributed by atoms with Crippen LogP contribution in [0.4, 0.5) is 4.79 Å². The molecular formula is C13H22ClNO4. The number of hydrogen-bond donors (Lipinski definition) is 0. The van der Waals surface area contributed by atoms with E-state index in [1.807, 2.05) is 20.8 Å². The average molecular weight is 292 g/mol. The van der Waals surface area contributed by atoms with Gasteiger partial charge in [-0.1, -0.05) is 11.6 Å². The molecule has 19 heavy (non-hydrogen) atoms. The van der Waals surface area contributed by atoms with Crippen LogP contribution in [0, 0.1) is 5.92 Å². The van der Waals surface area contributed by atoms with Gasteiger partial charge < -0.3 is 14.4 Å². The summed E-state index contributed by atoms with van der Waals surface area (Å²) in [6.07, 6.45) is 1.77. The highest BCUT2D eigenvalue weighted by Crippen LogP contribution is 2.22. The van der Waals surface area contributed by atoms with Crippen molar-refractivity contribution in [2.45, 2.75) is 45.6 Å². The predicted molar refractivity (Wildman–Crippen MR) is 72.0 cm³/mol. The molecule has 5 nitrogen and oxygen atoms in total. The summed E-state index contributed by atoms with van der Waals surface area (Å²) in [5.74, 6) is -0.192. The van der Waals surface area contributed by atoms with Crippen LogP contribution in [0.5, 0.6) is 0 Å². The van der Waals surface area contributed by atoms with Crippen molar-refractivity contribution in [1.82, 2.24) is 4.90 Å². The highest BCUT2D eigenvalue weighted by molar-refractivity contribution is 6.17. The van der Waals surface area contributed by atoms with E-state index < -0.39 is 5.60 Å². The summed E-state index contributed by atoms with van der Waals surface area (Å²) < 4.78 is 10.0. The first kappa shape index (κ1) is 16.1. The third kappa shape index (κ3) is 6.14. The zero-order valence-corrected chi connectivity index (χ0v) is 12.5. The van der Waals surface area contributed by atoms with E-state index >= 15 is 0 Å². The number of halogens is 1. The van der Waals surface area contributed by atoms with Crippen LogP contribution in [0.25, 0.3) is 0 Å². The first-order valence-electron chi connectivity index (χ1n) is 6.51. The number of carbonyl (C=O) groups is 2. The average Bonchev–Trinajstić information content (AvgIpc) is 2.27. The second-order valence-corrected chi connectivity index (χ2v) is 5.98. The number of hydrogen-bond acceptors (Lipinski definition) is 4. The molecule has 110 valence electrons. The van der Waals surface area contributed by atoms with Crippen molar-refractivity contribution in [1.29, 1.82) is 0 Å². The molecule has 0 aromatic carbocycles. The summed E-state index contributed by atoms with van der Waals surface area (Å²) >= 11 is 5.34. The molecule has 6 heteroatoms. The Morgan fingerprint density at radius 3 is 2.63 bits per heavy atom. The SMILES string of the molecule is CC(C)(C)OC(=O)N1CCCC(CC(=O)OCCl)C1. The third-order valence-corrected chi connectivity index (χ3v) is 2.95. The first-order valence-corrected chi connectivity index (χ1v) is 7.05. The quantitative estimate of drug-likeness (QED) is 0.593. The third-order valence-electron chi connectivity index (χ3n) is 2.84. The molecule has 1 heterocycles. The predicted octanol–water partition coefficient (Wildman–Crippen LogP) is 2.76. The molecule has 1 atom stereocenters. The minimum Gasteiger partial charge on any atom is -0.449 e. The van der Waals surface area contributed by atoms with Crippen LogP contribution in [0.2, 0.25) is 0 Å². The molecule has 0 bridgehead atoms. The standard InChI is InChI=1S/C13H22ClNO4/c1-13(2,3)19-12(17)15-6-4-5-10(8-15)7-11(16)18-9-14/h10H,4-9H2,1-3H3. The van der Waals surface area contributed by atoms with Crippen LogP contribution < -0.4 is 0 Å². The Kier molecular flexibility index (Phi) is 5.91. The number of ether oxygens (including phenoxy) is 2.